The van der Waals surface area contributed by atoms with Gasteiger partial charge in [0.05, 0.1) is 6.54 Å². The summed E-state index contributed by atoms with van der Waals surface area (Å²) in [5.74, 6) is 1.62. The van der Waals surface area contributed by atoms with Crippen molar-refractivity contribution in [2.45, 2.75) is 26.3 Å². The maximum absolute atomic E-state index is 11.8. The van der Waals surface area contributed by atoms with E-state index in [2.05, 4.69) is 29.4 Å². The Morgan fingerprint density at radius 1 is 1.38 bits per heavy atom. The molecule has 0 atom stereocenters. The lowest BCUT2D eigenvalue weighted by Gasteiger charge is -2.13. The first-order valence-electron chi connectivity index (χ1n) is 6.89. The predicted molar refractivity (Wildman–Crippen MR) is 78.9 cm³/mol. The van der Waals surface area contributed by atoms with Crippen molar-refractivity contribution < 1.29 is 9.53 Å². The molecule has 0 bridgehead atoms. The molecule has 1 heterocycles. The summed E-state index contributed by atoms with van der Waals surface area (Å²) in [6, 6.07) is 7.76. The summed E-state index contributed by atoms with van der Waals surface area (Å²) in [4.78, 5) is 11.8. The Hall–Kier alpha value is -2.37. The van der Waals surface area contributed by atoms with E-state index in [1.807, 2.05) is 31.3 Å². The van der Waals surface area contributed by atoms with E-state index in [4.69, 9.17) is 4.74 Å². The largest absolute Gasteiger partial charge is 0.483 e. The number of carbonyl (C=O) groups excluding carboxylic acids is 1. The number of rotatable bonds is 6. The molecule has 0 aliphatic carbocycles. The van der Waals surface area contributed by atoms with E-state index in [1.54, 1.807) is 10.9 Å². The van der Waals surface area contributed by atoms with Crippen molar-refractivity contribution in [3.05, 3.63) is 42.0 Å². The molecule has 0 spiro atoms. The van der Waals surface area contributed by atoms with E-state index < -0.39 is 0 Å². The molecule has 0 saturated carbocycles. The molecule has 1 aromatic heterocycles. The number of ether oxygens (including phenoxy) is 1. The SMILES string of the molecule is CC(C)c1ccccc1OCC(=O)NCc1nncn1C. The smallest absolute Gasteiger partial charge is 0.258 e. The van der Waals surface area contributed by atoms with Gasteiger partial charge >= 0.3 is 0 Å². The number of hydrogen-bond acceptors (Lipinski definition) is 4. The molecule has 21 heavy (non-hydrogen) atoms. The molecule has 0 unspecified atom stereocenters. The number of nitrogens with one attached hydrogen (secondary N) is 1. The molecule has 112 valence electrons. The fourth-order valence-corrected chi connectivity index (χ4v) is 1.93. The van der Waals surface area contributed by atoms with Crippen molar-refractivity contribution in [2.75, 3.05) is 6.61 Å². The van der Waals surface area contributed by atoms with Gasteiger partial charge in [-0.2, -0.15) is 0 Å². The van der Waals surface area contributed by atoms with Crippen LogP contribution in [0, 0.1) is 0 Å². The molecular weight excluding hydrogens is 268 g/mol. The fourth-order valence-electron chi connectivity index (χ4n) is 1.93. The molecule has 1 aromatic carbocycles. The molecule has 0 radical (unpaired) electrons. The second-order valence-electron chi connectivity index (χ2n) is 5.12. The number of aromatic nitrogens is 3. The average molecular weight is 288 g/mol. The summed E-state index contributed by atoms with van der Waals surface area (Å²) >= 11 is 0. The highest BCUT2D eigenvalue weighted by molar-refractivity contribution is 5.77. The quantitative estimate of drug-likeness (QED) is 0.877. The van der Waals surface area contributed by atoms with Crippen LogP contribution >= 0.6 is 0 Å². The number of hydrogen-bond donors (Lipinski definition) is 1. The van der Waals surface area contributed by atoms with Gasteiger partial charge in [-0.1, -0.05) is 32.0 Å². The van der Waals surface area contributed by atoms with Gasteiger partial charge in [0.2, 0.25) is 0 Å². The molecule has 0 aliphatic heterocycles. The molecular formula is C15H20N4O2. The lowest BCUT2D eigenvalue weighted by atomic mass is 10.0. The highest BCUT2D eigenvalue weighted by Gasteiger charge is 2.09. The number of amides is 1. The van der Waals surface area contributed by atoms with Crippen molar-refractivity contribution >= 4 is 5.91 Å². The molecule has 2 aromatic rings. The van der Waals surface area contributed by atoms with Crippen molar-refractivity contribution in [2.24, 2.45) is 7.05 Å². The lowest BCUT2D eigenvalue weighted by molar-refractivity contribution is -0.123. The van der Waals surface area contributed by atoms with Crippen LogP contribution < -0.4 is 10.1 Å². The summed E-state index contributed by atoms with van der Waals surface area (Å²) in [5.41, 5.74) is 1.10. The first-order chi connectivity index (χ1) is 10.1. The molecule has 0 saturated heterocycles. The van der Waals surface area contributed by atoms with Gasteiger partial charge in [0.25, 0.3) is 5.91 Å². The van der Waals surface area contributed by atoms with E-state index in [0.29, 0.717) is 18.3 Å². The average Bonchev–Trinajstić information content (AvgIpc) is 2.88. The minimum atomic E-state index is -0.184. The third-order valence-corrected chi connectivity index (χ3v) is 3.15. The first-order valence-corrected chi connectivity index (χ1v) is 6.89. The van der Waals surface area contributed by atoms with Crippen LogP contribution in [0.15, 0.2) is 30.6 Å². The first kappa shape index (κ1) is 15.0. The Kier molecular flexibility index (Phi) is 4.92. The van der Waals surface area contributed by atoms with Crippen LogP contribution in [-0.2, 0) is 18.4 Å². The number of aryl methyl sites for hydroxylation is 1. The van der Waals surface area contributed by atoms with Gasteiger partial charge in [-0.15, -0.1) is 10.2 Å². The van der Waals surface area contributed by atoms with Gasteiger partial charge in [-0.3, -0.25) is 4.79 Å². The zero-order chi connectivity index (χ0) is 15.2. The summed E-state index contributed by atoms with van der Waals surface area (Å²) < 4.78 is 7.36. The summed E-state index contributed by atoms with van der Waals surface area (Å²) in [6.45, 7) is 4.51. The van der Waals surface area contributed by atoms with E-state index in [9.17, 15) is 4.79 Å². The second-order valence-corrected chi connectivity index (χ2v) is 5.12. The summed E-state index contributed by atoms with van der Waals surface area (Å²) in [5, 5.41) is 10.4. The van der Waals surface area contributed by atoms with Crippen molar-refractivity contribution in [1.82, 2.24) is 20.1 Å². The zero-order valence-corrected chi connectivity index (χ0v) is 12.5. The van der Waals surface area contributed by atoms with E-state index in [-0.39, 0.29) is 12.5 Å². The second kappa shape index (κ2) is 6.88. The molecule has 1 amide bonds. The lowest BCUT2D eigenvalue weighted by Crippen LogP contribution is -2.29. The Labute approximate surface area is 124 Å². The van der Waals surface area contributed by atoms with Crippen LogP contribution in [0.5, 0.6) is 5.75 Å². The fraction of sp³-hybridized carbons (Fsp3) is 0.400. The Morgan fingerprint density at radius 2 is 2.14 bits per heavy atom. The molecule has 2 rings (SSSR count). The Bertz CT molecular complexity index is 607. The van der Waals surface area contributed by atoms with Crippen LogP contribution in [0.4, 0.5) is 0 Å². The topological polar surface area (TPSA) is 69.0 Å². The summed E-state index contributed by atoms with van der Waals surface area (Å²) in [7, 11) is 1.83. The highest BCUT2D eigenvalue weighted by atomic mass is 16.5. The molecule has 6 nitrogen and oxygen atoms in total. The summed E-state index contributed by atoms with van der Waals surface area (Å²) in [6.07, 6.45) is 1.59. The molecule has 1 N–H and O–H groups in total. The Morgan fingerprint density at radius 3 is 2.81 bits per heavy atom. The molecule has 6 heteroatoms. The minimum absolute atomic E-state index is 0.0123. The van der Waals surface area contributed by atoms with Crippen LogP contribution in [0.3, 0.4) is 0 Å². The van der Waals surface area contributed by atoms with E-state index >= 15 is 0 Å². The molecule has 0 fully saturated rings. The van der Waals surface area contributed by atoms with Crippen LogP contribution in [0.2, 0.25) is 0 Å². The van der Waals surface area contributed by atoms with Crippen LogP contribution in [0.25, 0.3) is 0 Å². The predicted octanol–water partition coefficient (Wildman–Crippen LogP) is 1.63. The zero-order valence-electron chi connectivity index (χ0n) is 12.5. The van der Waals surface area contributed by atoms with E-state index in [1.165, 1.54) is 0 Å². The monoisotopic (exact) mass is 288 g/mol. The number of nitrogens with zero attached hydrogens (tertiary/aromatic N) is 3. The van der Waals surface area contributed by atoms with Crippen molar-refractivity contribution in [1.29, 1.82) is 0 Å². The van der Waals surface area contributed by atoms with Gasteiger partial charge < -0.3 is 14.6 Å². The maximum Gasteiger partial charge on any atom is 0.258 e. The van der Waals surface area contributed by atoms with Crippen LogP contribution in [-0.4, -0.2) is 27.3 Å². The number of benzene rings is 1. The third kappa shape index (κ3) is 4.05. The van der Waals surface area contributed by atoms with Gasteiger partial charge in [-0.05, 0) is 17.5 Å². The number of carbonyl (C=O) groups is 1. The van der Waals surface area contributed by atoms with Gasteiger partial charge in [0, 0.05) is 7.05 Å². The normalized spacial score (nSPS) is 10.7. The van der Waals surface area contributed by atoms with Gasteiger partial charge in [0.15, 0.2) is 12.4 Å². The standard InChI is InChI=1S/C15H20N4O2/c1-11(2)12-6-4-5-7-13(12)21-9-15(20)16-8-14-18-17-10-19(14)3/h4-7,10-11H,8-9H2,1-3H3,(H,16,20). The van der Waals surface area contributed by atoms with E-state index in [0.717, 1.165) is 11.3 Å². The van der Waals surface area contributed by atoms with Gasteiger partial charge in [0.1, 0.15) is 12.1 Å². The van der Waals surface area contributed by atoms with Crippen molar-refractivity contribution in [3.63, 3.8) is 0 Å². The van der Waals surface area contributed by atoms with Crippen LogP contribution in [0.1, 0.15) is 31.2 Å². The number of para-hydroxylation sites is 1. The Balaban J connectivity index is 1.86. The third-order valence-electron chi connectivity index (χ3n) is 3.15. The van der Waals surface area contributed by atoms with Crippen molar-refractivity contribution in [3.8, 4) is 5.75 Å². The van der Waals surface area contributed by atoms with Gasteiger partial charge in [-0.25, -0.2) is 0 Å². The minimum Gasteiger partial charge on any atom is -0.483 e. The maximum atomic E-state index is 11.8. The highest BCUT2D eigenvalue weighted by Crippen LogP contribution is 2.25. The molecule has 0 aliphatic rings.